The maximum Gasteiger partial charge on any atom is 0.244 e. The minimum absolute atomic E-state index is 0.0962. The van der Waals surface area contributed by atoms with Crippen LogP contribution in [0.15, 0.2) is 24.3 Å². The van der Waals surface area contributed by atoms with Gasteiger partial charge >= 0.3 is 0 Å². The minimum atomic E-state index is -0.0962. The van der Waals surface area contributed by atoms with E-state index in [1.807, 2.05) is 25.1 Å². The molecule has 0 unspecified atom stereocenters. The third-order valence-corrected chi connectivity index (χ3v) is 3.42. The van der Waals surface area contributed by atoms with Crippen LogP contribution in [-0.2, 0) is 4.79 Å². The number of rotatable bonds is 8. The molecule has 1 rings (SSSR count). The molecule has 1 atom stereocenters. The Balaban J connectivity index is 2.65. The number of methoxy groups -OCH3 is 2. The molecule has 0 aliphatic carbocycles. The van der Waals surface area contributed by atoms with Gasteiger partial charge in [-0.05, 0) is 50.0 Å². The van der Waals surface area contributed by atoms with Crippen molar-refractivity contribution in [2.45, 2.75) is 39.7 Å². The van der Waals surface area contributed by atoms with E-state index in [2.05, 4.69) is 19.2 Å². The number of carbonyl (C=O) groups excluding carboxylic acids is 1. The second-order valence-corrected chi connectivity index (χ2v) is 5.82. The fourth-order valence-corrected chi connectivity index (χ4v) is 2.08. The Kier molecular flexibility index (Phi) is 7.50. The van der Waals surface area contributed by atoms with Crippen molar-refractivity contribution in [3.8, 4) is 11.5 Å². The molecule has 0 saturated carbocycles. The molecule has 1 aromatic carbocycles. The van der Waals surface area contributed by atoms with E-state index >= 15 is 0 Å². The van der Waals surface area contributed by atoms with Gasteiger partial charge in [-0.25, -0.2) is 0 Å². The predicted octanol–water partition coefficient (Wildman–Crippen LogP) is 3.66. The Labute approximate surface area is 133 Å². The van der Waals surface area contributed by atoms with Gasteiger partial charge < -0.3 is 14.8 Å². The van der Waals surface area contributed by atoms with Crippen LogP contribution < -0.4 is 14.8 Å². The summed E-state index contributed by atoms with van der Waals surface area (Å²) in [7, 11) is 3.21. The lowest BCUT2D eigenvalue weighted by Crippen LogP contribution is -2.31. The van der Waals surface area contributed by atoms with Crippen molar-refractivity contribution in [2.75, 3.05) is 14.2 Å². The van der Waals surface area contributed by atoms with Gasteiger partial charge in [0.25, 0.3) is 0 Å². The maximum atomic E-state index is 12.0. The van der Waals surface area contributed by atoms with Crippen molar-refractivity contribution in [1.29, 1.82) is 0 Å². The van der Waals surface area contributed by atoms with E-state index in [1.165, 1.54) is 6.08 Å². The van der Waals surface area contributed by atoms with E-state index in [4.69, 9.17) is 9.47 Å². The molecule has 1 amide bonds. The molecule has 0 radical (unpaired) electrons. The zero-order valence-electron chi connectivity index (χ0n) is 14.2. The van der Waals surface area contributed by atoms with Crippen molar-refractivity contribution in [2.24, 2.45) is 5.92 Å². The highest BCUT2D eigenvalue weighted by Crippen LogP contribution is 2.25. The van der Waals surface area contributed by atoms with Crippen LogP contribution in [-0.4, -0.2) is 26.2 Å². The number of hydrogen-bond acceptors (Lipinski definition) is 3. The summed E-state index contributed by atoms with van der Waals surface area (Å²) in [6.45, 7) is 6.40. The molecular formula is C18H27NO3. The molecule has 0 aliphatic heterocycles. The Morgan fingerprint density at radius 2 is 1.91 bits per heavy atom. The monoisotopic (exact) mass is 305 g/mol. The summed E-state index contributed by atoms with van der Waals surface area (Å²) < 4.78 is 10.5. The molecule has 1 aromatic rings. The highest BCUT2D eigenvalue weighted by atomic mass is 16.5. The molecular weight excluding hydrogens is 278 g/mol. The zero-order chi connectivity index (χ0) is 16.5. The van der Waals surface area contributed by atoms with Crippen LogP contribution in [0.1, 0.15) is 39.2 Å². The summed E-state index contributed by atoms with van der Waals surface area (Å²) in [6, 6.07) is 5.66. The van der Waals surface area contributed by atoms with Crippen LogP contribution >= 0.6 is 0 Å². The van der Waals surface area contributed by atoms with Gasteiger partial charge in [0.2, 0.25) is 5.91 Å². The highest BCUT2D eigenvalue weighted by molar-refractivity contribution is 5.92. The number of amides is 1. The highest BCUT2D eigenvalue weighted by Gasteiger charge is 2.07. The lowest BCUT2D eigenvalue weighted by atomic mass is 10.0. The Morgan fingerprint density at radius 3 is 2.50 bits per heavy atom. The minimum Gasteiger partial charge on any atom is -0.497 e. The standard InChI is InChI=1S/C18H27NO3/c1-13(2)6-7-14(3)19-18(20)11-8-15-12-16(21-4)9-10-17(15)22-5/h8-14H,6-7H2,1-5H3,(H,19,20)/b11-8+/t14-/m1/s1. The van der Waals surface area contributed by atoms with Gasteiger partial charge in [0, 0.05) is 17.7 Å². The zero-order valence-corrected chi connectivity index (χ0v) is 14.2. The Morgan fingerprint density at radius 1 is 1.18 bits per heavy atom. The van der Waals surface area contributed by atoms with Gasteiger partial charge in [0.1, 0.15) is 11.5 Å². The molecule has 0 heterocycles. The van der Waals surface area contributed by atoms with Gasteiger partial charge in [-0.3, -0.25) is 4.79 Å². The van der Waals surface area contributed by atoms with Crippen molar-refractivity contribution < 1.29 is 14.3 Å². The van der Waals surface area contributed by atoms with Gasteiger partial charge in [0.15, 0.2) is 0 Å². The van der Waals surface area contributed by atoms with Crippen molar-refractivity contribution in [3.05, 3.63) is 29.8 Å². The van der Waals surface area contributed by atoms with Crippen molar-refractivity contribution >= 4 is 12.0 Å². The van der Waals surface area contributed by atoms with Gasteiger partial charge in [-0.15, -0.1) is 0 Å². The first-order chi connectivity index (χ1) is 10.5. The van der Waals surface area contributed by atoms with Crippen molar-refractivity contribution in [3.63, 3.8) is 0 Å². The average Bonchev–Trinajstić information content (AvgIpc) is 2.50. The Bertz CT molecular complexity index is 509. The summed E-state index contributed by atoms with van der Waals surface area (Å²) in [5.74, 6) is 1.99. The maximum absolute atomic E-state index is 12.0. The topological polar surface area (TPSA) is 47.6 Å². The molecule has 0 saturated heterocycles. The lowest BCUT2D eigenvalue weighted by Gasteiger charge is -2.13. The first-order valence-electron chi connectivity index (χ1n) is 7.66. The summed E-state index contributed by atoms with van der Waals surface area (Å²) in [4.78, 5) is 12.0. The quantitative estimate of drug-likeness (QED) is 0.746. The number of ether oxygens (including phenoxy) is 2. The van der Waals surface area contributed by atoms with E-state index in [-0.39, 0.29) is 11.9 Å². The molecule has 22 heavy (non-hydrogen) atoms. The third-order valence-electron chi connectivity index (χ3n) is 3.42. The van der Waals surface area contributed by atoms with E-state index in [0.29, 0.717) is 11.7 Å². The second-order valence-electron chi connectivity index (χ2n) is 5.82. The number of benzene rings is 1. The van der Waals surface area contributed by atoms with Gasteiger partial charge in [-0.1, -0.05) is 13.8 Å². The van der Waals surface area contributed by atoms with Crippen LogP contribution in [0.25, 0.3) is 6.08 Å². The van der Waals surface area contributed by atoms with E-state index in [1.54, 1.807) is 20.3 Å². The molecule has 0 bridgehead atoms. The fraction of sp³-hybridized carbons (Fsp3) is 0.500. The molecule has 4 nitrogen and oxygen atoms in total. The second kappa shape index (κ2) is 9.13. The van der Waals surface area contributed by atoms with Crippen LogP contribution in [0.5, 0.6) is 11.5 Å². The summed E-state index contributed by atoms with van der Waals surface area (Å²) >= 11 is 0. The third kappa shape index (κ3) is 6.20. The van der Waals surface area contributed by atoms with Gasteiger partial charge in [-0.2, -0.15) is 0 Å². The first kappa shape index (κ1) is 18.1. The first-order valence-corrected chi connectivity index (χ1v) is 7.66. The molecule has 0 aromatic heterocycles. The molecule has 0 aliphatic rings. The fourth-order valence-electron chi connectivity index (χ4n) is 2.08. The van der Waals surface area contributed by atoms with E-state index < -0.39 is 0 Å². The SMILES string of the molecule is COc1ccc(OC)c(/C=C/C(=O)N[C@H](C)CCC(C)C)c1. The largest absolute Gasteiger partial charge is 0.497 e. The summed E-state index contributed by atoms with van der Waals surface area (Å²) in [5.41, 5.74) is 0.812. The lowest BCUT2D eigenvalue weighted by molar-refractivity contribution is -0.117. The molecule has 122 valence electrons. The molecule has 0 spiro atoms. The molecule has 4 heteroatoms. The van der Waals surface area contributed by atoms with Crippen LogP contribution in [0.3, 0.4) is 0 Å². The number of nitrogens with one attached hydrogen (secondary N) is 1. The van der Waals surface area contributed by atoms with Crippen molar-refractivity contribution in [1.82, 2.24) is 5.32 Å². The van der Waals surface area contributed by atoms with Crippen LogP contribution in [0, 0.1) is 5.92 Å². The predicted molar refractivity (Wildman–Crippen MR) is 90.3 cm³/mol. The van der Waals surface area contributed by atoms with Gasteiger partial charge in [0.05, 0.1) is 14.2 Å². The number of carbonyl (C=O) groups is 1. The normalized spacial score (nSPS) is 12.5. The Hall–Kier alpha value is -1.97. The molecule has 1 N–H and O–H groups in total. The van der Waals surface area contributed by atoms with Crippen LogP contribution in [0.2, 0.25) is 0 Å². The van der Waals surface area contributed by atoms with E-state index in [9.17, 15) is 4.79 Å². The van der Waals surface area contributed by atoms with E-state index in [0.717, 1.165) is 24.2 Å². The average molecular weight is 305 g/mol. The molecule has 0 fully saturated rings. The number of hydrogen-bond donors (Lipinski definition) is 1. The summed E-state index contributed by atoms with van der Waals surface area (Å²) in [5, 5.41) is 2.97. The van der Waals surface area contributed by atoms with Crippen LogP contribution in [0.4, 0.5) is 0 Å². The summed E-state index contributed by atoms with van der Waals surface area (Å²) in [6.07, 6.45) is 5.36. The smallest absolute Gasteiger partial charge is 0.244 e.